The number of amides is 1. The van der Waals surface area contributed by atoms with Gasteiger partial charge in [-0.15, -0.1) is 10.2 Å². The van der Waals surface area contributed by atoms with Crippen LogP contribution in [0, 0.1) is 0 Å². The molecule has 8 heteroatoms. The summed E-state index contributed by atoms with van der Waals surface area (Å²) in [4.78, 5) is 23.7. The second-order valence-electron chi connectivity index (χ2n) is 5.24. The number of ketones is 1. The Morgan fingerprint density at radius 2 is 2.04 bits per heavy atom. The van der Waals surface area contributed by atoms with E-state index in [1.807, 2.05) is 0 Å². The zero-order valence-corrected chi connectivity index (χ0v) is 14.4. The Morgan fingerprint density at radius 1 is 1.20 bits per heavy atom. The summed E-state index contributed by atoms with van der Waals surface area (Å²) in [5, 5.41) is 10.4. The smallest absolute Gasteiger partial charge is 0.284 e. The van der Waals surface area contributed by atoms with E-state index in [-0.39, 0.29) is 22.8 Å². The van der Waals surface area contributed by atoms with Gasteiger partial charge in [0, 0.05) is 11.3 Å². The van der Waals surface area contributed by atoms with E-state index >= 15 is 0 Å². The fourth-order valence-electron chi connectivity index (χ4n) is 2.02. The molecule has 1 amide bonds. The quantitative estimate of drug-likeness (QED) is 0.531. The monoisotopic (exact) mass is 357 g/mol. The fourth-order valence-corrected chi connectivity index (χ4v) is 2.71. The van der Waals surface area contributed by atoms with Crippen LogP contribution >= 0.6 is 11.8 Å². The molecule has 1 unspecified atom stereocenters. The van der Waals surface area contributed by atoms with Crippen LogP contribution in [0.25, 0.3) is 11.7 Å². The molecule has 0 saturated heterocycles. The summed E-state index contributed by atoms with van der Waals surface area (Å²) in [6, 6.07) is 10.2. The normalized spacial score (nSPS) is 11.9. The van der Waals surface area contributed by atoms with E-state index in [2.05, 4.69) is 15.5 Å². The number of carbonyl (C=O) groups excluding carboxylic acids is 2. The number of rotatable bonds is 6. The van der Waals surface area contributed by atoms with Crippen molar-refractivity contribution in [3.05, 3.63) is 48.2 Å². The number of nitrogens with zero attached hydrogens (tertiary/aromatic N) is 2. The van der Waals surface area contributed by atoms with E-state index in [0.717, 1.165) is 11.8 Å². The molecule has 0 saturated carbocycles. The van der Waals surface area contributed by atoms with Gasteiger partial charge >= 0.3 is 0 Å². The van der Waals surface area contributed by atoms with Crippen molar-refractivity contribution < 1.29 is 18.4 Å². The van der Waals surface area contributed by atoms with E-state index in [1.165, 1.54) is 13.2 Å². The largest absolute Gasteiger partial charge is 0.459 e. The first-order valence-corrected chi connectivity index (χ1v) is 8.37. The maximum atomic E-state index is 12.3. The van der Waals surface area contributed by atoms with E-state index < -0.39 is 5.25 Å². The summed E-state index contributed by atoms with van der Waals surface area (Å²) in [6.07, 6.45) is 1.51. The molecule has 0 bridgehead atoms. The molecule has 1 aromatic carbocycles. The topological polar surface area (TPSA) is 98.2 Å². The number of anilines is 1. The van der Waals surface area contributed by atoms with E-state index in [4.69, 9.17) is 8.83 Å². The molecular weight excluding hydrogens is 342 g/mol. The third-order valence-electron chi connectivity index (χ3n) is 3.32. The molecule has 0 spiro atoms. The van der Waals surface area contributed by atoms with Gasteiger partial charge in [-0.1, -0.05) is 23.9 Å². The summed E-state index contributed by atoms with van der Waals surface area (Å²) in [7, 11) is 0. The van der Waals surface area contributed by atoms with Crippen LogP contribution in [-0.4, -0.2) is 27.1 Å². The van der Waals surface area contributed by atoms with Gasteiger partial charge in [-0.2, -0.15) is 0 Å². The van der Waals surface area contributed by atoms with E-state index in [9.17, 15) is 9.59 Å². The van der Waals surface area contributed by atoms with Crippen LogP contribution in [0.5, 0.6) is 0 Å². The van der Waals surface area contributed by atoms with Crippen molar-refractivity contribution in [3.8, 4) is 11.7 Å². The molecule has 3 aromatic rings. The number of thioether (sulfide) groups is 1. The predicted molar refractivity (Wildman–Crippen MR) is 92.4 cm³/mol. The highest BCUT2D eigenvalue weighted by atomic mass is 32.2. The number of aromatic nitrogens is 2. The van der Waals surface area contributed by atoms with Crippen molar-refractivity contribution in [3.63, 3.8) is 0 Å². The van der Waals surface area contributed by atoms with Crippen molar-refractivity contribution in [2.24, 2.45) is 0 Å². The molecule has 0 aliphatic heterocycles. The Balaban J connectivity index is 1.63. The lowest BCUT2D eigenvalue weighted by Crippen LogP contribution is -2.22. The van der Waals surface area contributed by atoms with Crippen LogP contribution in [0.2, 0.25) is 0 Å². The number of carbonyl (C=O) groups is 2. The van der Waals surface area contributed by atoms with Crippen molar-refractivity contribution in [2.75, 3.05) is 5.32 Å². The molecule has 2 heterocycles. The van der Waals surface area contributed by atoms with Crippen molar-refractivity contribution in [1.82, 2.24) is 10.2 Å². The molecule has 1 N–H and O–H groups in total. The molecule has 0 fully saturated rings. The molecule has 128 valence electrons. The molecule has 7 nitrogen and oxygen atoms in total. The third-order valence-corrected chi connectivity index (χ3v) is 4.26. The molecule has 1 atom stereocenters. The van der Waals surface area contributed by atoms with Gasteiger partial charge in [0.2, 0.25) is 5.91 Å². The average Bonchev–Trinajstić information content (AvgIpc) is 3.26. The van der Waals surface area contributed by atoms with Gasteiger partial charge in [0.15, 0.2) is 11.5 Å². The number of Topliss-reactive ketones (excluding diaryl/α,β-unsaturated/α-hetero) is 1. The third kappa shape index (κ3) is 4.16. The van der Waals surface area contributed by atoms with Gasteiger partial charge in [0.1, 0.15) is 0 Å². The van der Waals surface area contributed by atoms with Gasteiger partial charge in [-0.05, 0) is 38.1 Å². The number of hydrogen-bond acceptors (Lipinski definition) is 7. The predicted octanol–water partition coefficient (Wildman–Crippen LogP) is 3.65. The van der Waals surface area contributed by atoms with E-state index in [1.54, 1.807) is 43.3 Å². The van der Waals surface area contributed by atoms with Gasteiger partial charge in [0.05, 0.1) is 11.5 Å². The standard InChI is InChI=1S/C17H15N3O4S/c1-10(21)12-5-3-6-13(9-12)18-15(22)11(2)25-17-20-19-16(24-17)14-7-4-8-23-14/h3-9,11H,1-2H3,(H,18,22). The highest BCUT2D eigenvalue weighted by Crippen LogP contribution is 2.27. The van der Waals surface area contributed by atoms with Crippen LogP contribution in [0.3, 0.4) is 0 Å². The lowest BCUT2D eigenvalue weighted by molar-refractivity contribution is -0.115. The van der Waals surface area contributed by atoms with Crippen LogP contribution in [0.1, 0.15) is 24.2 Å². The highest BCUT2D eigenvalue weighted by molar-refractivity contribution is 8.00. The number of furan rings is 1. The number of hydrogen-bond donors (Lipinski definition) is 1. The van der Waals surface area contributed by atoms with Crippen molar-refractivity contribution in [1.29, 1.82) is 0 Å². The first kappa shape index (κ1) is 17.0. The summed E-state index contributed by atoms with van der Waals surface area (Å²) < 4.78 is 10.7. The zero-order valence-electron chi connectivity index (χ0n) is 13.6. The summed E-state index contributed by atoms with van der Waals surface area (Å²) in [5.41, 5.74) is 1.10. The Bertz CT molecular complexity index is 889. The molecule has 3 rings (SSSR count). The van der Waals surface area contributed by atoms with Crippen LogP contribution in [0.15, 0.2) is 56.7 Å². The van der Waals surface area contributed by atoms with Gasteiger partial charge in [-0.25, -0.2) is 0 Å². The molecule has 25 heavy (non-hydrogen) atoms. The van der Waals surface area contributed by atoms with Gasteiger partial charge in [0.25, 0.3) is 11.1 Å². The lowest BCUT2D eigenvalue weighted by atomic mass is 10.1. The zero-order chi connectivity index (χ0) is 17.8. The lowest BCUT2D eigenvalue weighted by Gasteiger charge is -2.10. The van der Waals surface area contributed by atoms with Crippen molar-refractivity contribution in [2.45, 2.75) is 24.3 Å². The molecule has 0 aliphatic carbocycles. The number of benzene rings is 1. The molecular formula is C17H15N3O4S. The second kappa shape index (κ2) is 7.35. The summed E-state index contributed by atoms with van der Waals surface area (Å²) >= 11 is 1.14. The number of nitrogens with one attached hydrogen (secondary N) is 1. The Morgan fingerprint density at radius 3 is 2.76 bits per heavy atom. The SMILES string of the molecule is CC(=O)c1cccc(NC(=O)C(C)Sc2nnc(-c3ccco3)o2)c1. The minimum absolute atomic E-state index is 0.0603. The first-order valence-electron chi connectivity index (χ1n) is 7.49. The Labute approximate surface area is 147 Å². The summed E-state index contributed by atoms with van der Waals surface area (Å²) in [6.45, 7) is 3.21. The van der Waals surface area contributed by atoms with Crippen LogP contribution < -0.4 is 5.32 Å². The van der Waals surface area contributed by atoms with Gasteiger partial charge in [-0.3, -0.25) is 9.59 Å². The van der Waals surface area contributed by atoms with Crippen molar-refractivity contribution >= 4 is 29.1 Å². The Hall–Kier alpha value is -2.87. The maximum absolute atomic E-state index is 12.3. The van der Waals surface area contributed by atoms with E-state index in [0.29, 0.717) is 17.0 Å². The van der Waals surface area contributed by atoms with Gasteiger partial charge < -0.3 is 14.2 Å². The molecule has 0 radical (unpaired) electrons. The molecule has 0 aliphatic rings. The minimum atomic E-state index is -0.467. The van der Waals surface area contributed by atoms with Crippen LogP contribution in [0.4, 0.5) is 5.69 Å². The second-order valence-corrected chi connectivity index (χ2v) is 6.53. The molecule has 2 aromatic heterocycles. The summed E-state index contributed by atoms with van der Waals surface area (Å²) in [5.74, 6) is 0.435. The first-order chi connectivity index (χ1) is 12.0. The van der Waals surface area contributed by atoms with Crippen LogP contribution in [-0.2, 0) is 4.79 Å². The Kier molecular flexibility index (Phi) is 4.99. The fraction of sp³-hybridized carbons (Fsp3) is 0.176. The highest BCUT2D eigenvalue weighted by Gasteiger charge is 2.19. The maximum Gasteiger partial charge on any atom is 0.284 e. The average molecular weight is 357 g/mol. The minimum Gasteiger partial charge on any atom is -0.459 e.